The summed E-state index contributed by atoms with van der Waals surface area (Å²) in [5.74, 6) is -0.574. The van der Waals surface area contributed by atoms with Crippen molar-refractivity contribution in [1.82, 2.24) is 15.1 Å². The highest BCUT2D eigenvalue weighted by Crippen LogP contribution is 2.40. The van der Waals surface area contributed by atoms with Crippen LogP contribution in [0.25, 0.3) is 5.69 Å². The molecular formula is C28H23N5O2. The van der Waals surface area contributed by atoms with Gasteiger partial charge in [0.1, 0.15) is 11.9 Å². The Morgan fingerprint density at radius 2 is 1.69 bits per heavy atom. The van der Waals surface area contributed by atoms with E-state index in [2.05, 4.69) is 16.7 Å². The first kappa shape index (κ1) is 22.1. The molecule has 0 unspecified atom stereocenters. The van der Waals surface area contributed by atoms with E-state index in [9.17, 15) is 14.9 Å². The molecule has 1 aliphatic heterocycles. The van der Waals surface area contributed by atoms with E-state index in [0.29, 0.717) is 16.9 Å². The van der Waals surface area contributed by atoms with Crippen molar-refractivity contribution in [2.24, 2.45) is 0 Å². The lowest BCUT2D eigenvalue weighted by molar-refractivity contribution is -0.118. The minimum atomic E-state index is -0.863. The van der Waals surface area contributed by atoms with Crippen LogP contribution in [0.4, 0.5) is 5.82 Å². The largest absolute Gasteiger partial charge is 0.339 e. The highest BCUT2D eigenvalue weighted by atomic mass is 16.2. The van der Waals surface area contributed by atoms with Crippen molar-refractivity contribution in [3.63, 3.8) is 0 Å². The summed E-state index contributed by atoms with van der Waals surface area (Å²) in [7, 11) is 0. The van der Waals surface area contributed by atoms with Gasteiger partial charge in [0.2, 0.25) is 5.91 Å². The monoisotopic (exact) mass is 461 g/mol. The Bertz CT molecular complexity index is 1450. The van der Waals surface area contributed by atoms with E-state index < -0.39 is 12.0 Å². The summed E-state index contributed by atoms with van der Waals surface area (Å²) in [6.45, 7) is 3.91. The fourth-order valence-electron chi connectivity index (χ4n) is 4.50. The van der Waals surface area contributed by atoms with Crippen molar-refractivity contribution in [3.05, 3.63) is 112 Å². The summed E-state index contributed by atoms with van der Waals surface area (Å²) >= 11 is 0. The van der Waals surface area contributed by atoms with Crippen LogP contribution in [0.1, 0.15) is 44.2 Å². The molecule has 0 saturated heterocycles. The molecule has 0 saturated carbocycles. The molecule has 35 heavy (non-hydrogen) atoms. The zero-order chi connectivity index (χ0) is 24.5. The molecule has 2 atom stereocenters. The molecule has 4 aromatic rings. The number of hydrogen-bond acceptors (Lipinski definition) is 4. The summed E-state index contributed by atoms with van der Waals surface area (Å²) in [5, 5.41) is 19.9. The van der Waals surface area contributed by atoms with Crippen LogP contribution in [0, 0.1) is 25.2 Å². The van der Waals surface area contributed by atoms with Crippen molar-refractivity contribution in [2.75, 3.05) is 5.32 Å². The van der Waals surface area contributed by atoms with Crippen LogP contribution in [0.15, 0.2) is 78.9 Å². The van der Waals surface area contributed by atoms with Gasteiger partial charge < -0.3 is 10.6 Å². The molecule has 2 amide bonds. The third kappa shape index (κ3) is 4.06. The molecule has 0 aliphatic carbocycles. The molecule has 5 rings (SSSR count). The molecule has 0 fully saturated rings. The van der Waals surface area contributed by atoms with E-state index in [-0.39, 0.29) is 11.8 Å². The van der Waals surface area contributed by atoms with E-state index in [1.165, 1.54) is 0 Å². The Morgan fingerprint density at radius 1 is 1.00 bits per heavy atom. The lowest BCUT2D eigenvalue weighted by Gasteiger charge is -2.33. The van der Waals surface area contributed by atoms with Crippen LogP contribution < -0.4 is 10.6 Å². The highest BCUT2D eigenvalue weighted by molar-refractivity contribution is 6.04. The van der Waals surface area contributed by atoms with Gasteiger partial charge in [0, 0.05) is 17.0 Å². The zero-order valence-electron chi connectivity index (χ0n) is 19.3. The first-order valence-electron chi connectivity index (χ1n) is 11.3. The number of hydrogen-bond donors (Lipinski definition) is 2. The van der Waals surface area contributed by atoms with Crippen LogP contribution in [0.2, 0.25) is 0 Å². The summed E-state index contributed by atoms with van der Waals surface area (Å²) < 4.78 is 1.73. The highest BCUT2D eigenvalue weighted by Gasteiger charge is 2.41. The van der Waals surface area contributed by atoms with Crippen molar-refractivity contribution in [1.29, 1.82) is 5.26 Å². The maximum Gasteiger partial charge on any atom is 0.251 e. The first-order valence-corrected chi connectivity index (χ1v) is 11.3. The number of fused-ring (bicyclic) bond motifs is 1. The number of benzene rings is 3. The number of carbonyl (C=O) groups is 2. The quantitative estimate of drug-likeness (QED) is 0.475. The number of nitrogens with one attached hydrogen (secondary N) is 2. The van der Waals surface area contributed by atoms with Gasteiger partial charge in [-0.15, -0.1) is 0 Å². The third-order valence-corrected chi connectivity index (χ3v) is 6.28. The Hall–Kier alpha value is -4.70. The van der Waals surface area contributed by atoms with Crippen LogP contribution in [0.5, 0.6) is 0 Å². The maximum atomic E-state index is 13.5. The SMILES string of the molecule is Cc1ccc(-n2nc(C)c3c2NC(=O)[C@@H](NC(=O)c2ccccc2)[C@H]3c2ccc(C#N)cc2)cc1. The van der Waals surface area contributed by atoms with Gasteiger partial charge in [0.05, 0.1) is 23.0 Å². The lowest BCUT2D eigenvalue weighted by atomic mass is 9.81. The second-order valence-corrected chi connectivity index (χ2v) is 8.61. The second-order valence-electron chi connectivity index (χ2n) is 8.61. The topological polar surface area (TPSA) is 99.8 Å². The van der Waals surface area contributed by atoms with E-state index in [4.69, 9.17) is 5.10 Å². The molecule has 2 heterocycles. The fourth-order valence-corrected chi connectivity index (χ4v) is 4.50. The van der Waals surface area contributed by atoms with Crippen molar-refractivity contribution in [3.8, 4) is 11.8 Å². The summed E-state index contributed by atoms with van der Waals surface area (Å²) in [6, 6.07) is 25.1. The summed E-state index contributed by atoms with van der Waals surface area (Å²) in [5.41, 5.74) is 5.32. The lowest BCUT2D eigenvalue weighted by Crippen LogP contribution is -2.50. The molecule has 3 aromatic carbocycles. The average molecular weight is 462 g/mol. The first-order chi connectivity index (χ1) is 17.0. The van der Waals surface area contributed by atoms with Crippen LogP contribution in [-0.4, -0.2) is 27.6 Å². The number of aromatic nitrogens is 2. The number of nitriles is 1. The van der Waals surface area contributed by atoms with Gasteiger partial charge in [-0.25, -0.2) is 4.68 Å². The van der Waals surface area contributed by atoms with Crippen LogP contribution in [-0.2, 0) is 4.79 Å². The number of rotatable bonds is 4. The molecule has 1 aliphatic rings. The van der Waals surface area contributed by atoms with E-state index in [0.717, 1.165) is 28.1 Å². The number of amides is 2. The Morgan fingerprint density at radius 3 is 2.34 bits per heavy atom. The minimum Gasteiger partial charge on any atom is -0.339 e. The molecule has 0 bridgehead atoms. The second kappa shape index (κ2) is 8.92. The maximum absolute atomic E-state index is 13.5. The Labute approximate surface area is 203 Å². The molecule has 7 nitrogen and oxygen atoms in total. The summed E-state index contributed by atoms with van der Waals surface area (Å²) in [4.78, 5) is 26.5. The van der Waals surface area contributed by atoms with E-state index in [1.54, 1.807) is 41.1 Å². The molecule has 172 valence electrons. The van der Waals surface area contributed by atoms with Gasteiger partial charge in [-0.2, -0.15) is 10.4 Å². The predicted octanol–water partition coefficient (Wildman–Crippen LogP) is 4.24. The van der Waals surface area contributed by atoms with Crippen molar-refractivity contribution >= 4 is 17.6 Å². The third-order valence-electron chi connectivity index (χ3n) is 6.28. The normalized spacial score (nSPS) is 16.7. The van der Waals surface area contributed by atoms with Gasteiger partial charge in [-0.1, -0.05) is 48.0 Å². The number of anilines is 1. The number of carbonyl (C=O) groups excluding carboxylic acids is 2. The molecule has 0 spiro atoms. The molecule has 7 heteroatoms. The van der Waals surface area contributed by atoms with Gasteiger partial charge in [-0.3, -0.25) is 9.59 Å². The molecule has 0 radical (unpaired) electrons. The molecule has 1 aromatic heterocycles. The Kier molecular flexibility index (Phi) is 5.63. The number of aryl methyl sites for hydroxylation is 2. The van der Waals surface area contributed by atoms with E-state index >= 15 is 0 Å². The van der Waals surface area contributed by atoms with Gasteiger partial charge in [0.25, 0.3) is 5.91 Å². The Balaban J connectivity index is 1.63. The van der Waals surface area contributed by atoms with Gasteiger partial charge in [-0.05, 0) is 55.8 Å². The van der Waals surface area contributed by atoms with Crippen LogP contribution in [0.3, 0.4) is 0 Å². The fraction of sp³-hybridized carbons (Fsp3) is 0.143. The molecule has 2 N–H and O–H groups in total. The average Bonchev–Trinajstić information content (AvgIpc) is 3.21. The molecular weight excluding hydrogens is 438 g/mol. The standard InChI is InChI=1S/C28H23N5O2/c1-17-8-14-22(15-9-17)33-26-23(18(2)32-33)24(20-12-10-19(16-29)11-13-20)25(28(35)31-26)30-27(34)21-6-4-3-5-7-21/h3-15,24-25H,1-2H3,(H,30,34)(H,31,35)/t24-,25-/m0/s1. The van der Waals surface area contributed by atoms with Gasteiger partial charge >= 0.3 is 0 Å². The van der Waals surface area contributed by atoms with Crippen molar-refractivity contribution < 1.29 is 9.59 Å². The van der Waals surface area contributed by atoms with Crippen LogP contribution >= 0.6 is 0 Å². The smallest absolute Gasteiger partial charge is 0.251 e. The zero-order valence-corrected chi connectivity index (χ0v) is 19.3. The number of nitrogens with zero attached hydrogens (tertiary/aromatic N) is 3. The minimum absolute atomic E-state index is 0.329. The van der Waals surface area contributed by atoms with Gasteiger partial charge in [0.15, 0.2) is 0 Å². The summed E-state index contributed by atoms with van der Waals surface area (Å²) in [6.07, 6.45) is 0. The van der Waals surface area contributed by atoms with Crippen molar-refractivity contribution in [2.45, 2.75) is 25.8 Å². The van der Waals surface area contributed by atoms with E-state index in [1.807, 2.05) is 56.3 Å². The predicted molar refractivity (Wildman–Crippen MR) is 132 cm³/mol.